The van der Waals surface area contributed by atoms with Crippen molar-refractivity contribution in [2.75, 3.05) is 12.5 Å². The van der Waals surface area contributed by atoms with Crippen LogP contribution in [0.4, 0.5) is 5.69 Å². The van der Waals surface area contributed by atoms with Gasteiger partial charge in [0.25, 0.3) is 0 Å². The summed E-state index contributed by atoms with van der Waals surface area (Å²) in [7, 11) is 2.04. The van der Waals surface area contributed by atoms with Gasteiger partial charge in [0.2, 0.25) is 0 Å². The van der Waals surface area contributed by atoms with E-state index < -0.39 is 0 Å². The predicted octanol–water partition coefficient (Wildman–Crippen LogP) is 2.22. The highest BCUT2D eigenvalue weighted by atomic mass is 79.9. The van der Waals surface area contributed by atoms with Crippen LogP contribution in [-0.2, 0) is 6.54 Å². The molecular formula is C8H9BrN2. The summed E-state index contributed by atoms with van der Waals surface area (Å²) in [4.78, 5) is 0. The smallest absolute Gasteiger partial charge is 0.0547 e. The number of rotatable bonds is 0. The van der Waals surface area contributed by atoms with Gasteiger partial charge in [0.15, 0.2) is 0 Å². The molecule has 1 aromatic carbocycles. The number of hydrogen-bond donors (Lipinski definition) is 1. The van der Waals surface area contributed by atoms with Gasteiger partial charge >= 0.3 is 0 Å². The maximum absolute atomic E-state index is 3.43. The molecule has 1 aliphatic heterocycles. The molecular weight excluding hydrogens is 204 g/mol. The van der Waals surface area contributed by atoms with E-state index in [4.69, 9.17) is 0 Å². The van der Waals surface area contributed by atoms with Gasteiger partial charge in [-0.25, -0.2) is 5.01 Å². The summed E-state index contributed by atoms with van der Waals surface area (Å²) in [5.41, 5.74) is 5.81. The Hall–Kier alpha value is -0.540. The zero-order chi connectivity index (χ0) is 7.84. The molecule has 0 atom stereocenters. The summed E-state index contributed by atoms with van der Waals surface area (Å²) in [6.07, 6.45) is 0. The standard InChI is InChI=1S/C8H9BrN2/c1-11-5-6-2-3-7(9)4-8(6)10-11/h2-4,10H,5H2,1H3. The molecule has 1 aromatic rings. The maximum atomic E-state index is 3.43. The second kappa shape index (κ2) is 2.50. The van der Waals surface area contributed by atoms with E-state index in [1.54, 1.807) is 0 Å². The Labute approximate surface area is 74.3 Å². The van der Waals surface area contributed by atoms with Gasteiger partial charge in [0.05, 0.1) is 5.69 Å². The number of nitrogens with zero attached hydrogens (tertiary/aromatic N) is 1. The van der Waals surface area contributed by atoms with Gasteiger partial charge in [0, 0.05) is 18.1 Å². The van der Waals surface area contributed by atoms with Crippen LogP contribution >= 0.6 is 15.9 Å². The molecule has 3 heteroatoms. The fourth-order valence-electron chi connectivity index (χ4n) is 1.29. The minimum absolute atomic E-state index is 0.989. The maximum Gasteiger partial charge on any atom is 0.0547 e. The molecule has 1 N–H and O–H groups in total. The van der Waals surface area contributed by atoms with Crippen molar-refractivity contribution in [2.24, 2.45) is 0 Å². The van der Waals surface area contributed by atoms with E-state index in [2.05, 4.69) is 44.6 Å². The summed E-state index contributed by atoms with van der Waals surface area (Å²) < 4.78 is 1.12. The Kier molecular flexibility index (Phi) is 1.62. The molecule has 1 aliphatic rings. The van der Waals surface area contributed by atoms with Crippen molar-refractivity contribution < 1.29 is 0 Å². The Morgan fingerprint density at radius 1 is 1.55 bits per heavy atom. The van der Waals surface area contributed by atoms with Crippen molar-refractivity contribution in [3.63, 3.8) is 0 Å². The van der Waals surface area contributed by atoms with Gasteiger partial charge in [-0.3, -0.25) is 0 Å². The highest BCUT2D eigenvalue weighted by Crippen LogP contribution is 2.26. The summed E-state index contributed by atoms with van der Waals surface area (Å²) in [5, 5.41) is 2.07. The number of hydrogen-bond acceptors (Lipinski definition) is 2. The van der Waals surface area contributed by atoms with Gasteiger partial charge in [-0.2, -0.15) is 0 Å². The fourth-order valence-corrected chi connectivity index (χ4v) is 1.65. The molecule has 0 saturated carbocycles. The number of nitrogens with one attached hydrogen (secondary N) is 1. The molecule has 11 heavy (non-hydrogen) atoms. The van der Waals surface area contributed by atoms with E-state index in [1.165, 1.54) is 11.3 Å². The quantitative estimate of drug-likeness (QED) is 0.710. The fraction of sp³-hybridized carbons (Fsp3) is 0.250. The first-order valence-corrected chi connectivity index (χ1v) is 4.31. The third-order valence-corrected chi connectivity index (χ3v) is 2.28. The average molecular weight is 213 g/mol. The molecule has 0 unspecified atom stereocenters. The van der Waals surface area contributed by atoms with Crippen LogP contribution in [0.2, 0.25) is 0 Å². The van der Waals surface area contributed by atoms with Gasteiger partial charge in [-0.1, -0.05) is 22.0 Å². The largest absolute Gasteiger partial charge is 0.318 e. The van der Waals surface area contributed by atoms with Crippen molar-refractivity contribution in [1.29, 1.82) is 0 Å². The summed E-state index contributed by atoms with van der Waals surface area (Å²) >= 11 is 3.43. The summed E-state index contributed by atoms with van der Waals surface area (Å²) in [6.45, 7) is 0.989. The van der Waals surface area contributed by atoms with Crippen molar-refractivity contribution in [3.05, 3.63) is 28.2 Å². The van der Waals surface area contributed by atoms with Crippen LogP contribution < -0.4 is 5.43 Å². The van der Waals surface area contributed by atoms with Gasteiger partial charge in [-0.15, -0.1) is 0 Å². The highest BCUT2D eigenvalue weighted by Gasteiger charge is 2.13. The van der Waals surface area contributed by atoms with Gasteiger partial charge in [0.1, 0.15) is 0 Å². The van der Waals surface area contributed by atoms with E-state index in [0.29, 0.717) is 0 Å². The molecule has 0 radical (unpaired) electrons. The number of benzene rings is 1. The van der Waals surface area contributed by atoms with E-state index >= 15 is 0 Å². The van der Waals surface area contributed by atoms with E-state index in [1.807, 2.05) is 7.05 Å². The zero-order valence-electron chi connectivity index (χ0n) is 6.26. The molecule has 2 nitrogen and oxygen atoms in total. The lowest BCUT2D eigenvalue weighted by molar-refractivity contribution is 0.422. The first-order valence-electron chi connectivity index (χ1n) is 3.52. The van der Waals surface area contributed by atoms with Gasteiger partial charge in [-0.05, 0) is 17.7 Å². The lowest BCUT2D eigenvalue weighted by atomic mass is 10.2. The van der Waals surface area contributed by atoms with Crippen molar-refractivity contribution >= 4 is 21.6 Å². The molecule has 58 valence electrons. The topological polar surface area (TPSA) is 15.3 Å². The van der Waals surface area contributed by atoms with Crippen molar-refractivity contribution in [1.82, 2.24) is 5.01 Å². The Morgan fingerprint density at radius 3 is 3.18 bits per heavy atom. The van der Waals surface area contributed by atoms with Crippen LogP contribution in [0.15, 0.2) is 22.7 Å². The molecule has 0 bridgehead atoms. The van der Waals surface area contributed by atoms with E-state index in [9.17, 15) is 0 Å². The van der Waals surface area contributed by atoms with E-state index in [0.717, 1.165) is 11.0 Å². The molecule has 0 saturated heterocycles. The van der Waals surface area contributed by atoms with Crippen LogP contribution in [-0.4, -0.2) is 12.1 Å². The normalized spacial score (nSPS) is 16.2. The Bertz CT molecular complexity index is 285. The number of anilines is 1. The second-order valence-corrected chi connectivity index (χ2v) is 3.69. The minimum Gasteiger partial charge on any atom is -0.318 e. The third kappa shape index (κ3) is 1.26. The Balaban J connectivity index is 2.43. The average Bonchev–Trinajstić information content (AvgIpc) is 2.27. The molecule has 0 aliphatic carbocycles. The zero-order valence-corrected chi connectivity index (χ0v) is 7.85. The van der Waals surface area contributed by atoms with Crippen LogP contribution in [0.5, 0.6) is 0 Å². The lowest BCUT2D eigenvalue weighted by Gasteiger charge is -2.06. The minimum atomic E-state index is 0.989. The first kappa shape index (κ1) is 7.13. The van der Waals surface area contributed by atoms with Crippen LogP contribution in [0.3, 0.4) is 0 Å². The molecule has 0 amide bonds. The van der Waals surface area contributed by atoms with Crippen molar-refractivity contribution in [3.8, 4) is 0 Å². The summed E-state index contributed by atoms with van der Waals surface area (Å²) in [5.74, 6) is 0. The molecule has 0 spiro atoms. The molecule has 0 fully saturated rings. The third-order valence-electron chi connectivity index (χ3n) is 1.79. The van der Waals surface area contributed by atoms with Crippen molar-refractivity contribution in [2.45, 2.75) is 6.54 Å². The lowest BCUT2D eigenvalue weighted by Crippen LogP contribution is -2.16. The molecule has 2 rings (SSSR count). The highest BCUT2D eigenvalue weighted by molar-refractivity contribution is 9.10. The van der Waals surface area contributed by atoms with Crippen LogP contribution in [0.25, 0.3) is 0 Å². The Morgan fingerprint density at radius 2 is 2.36 bits per heavy atom. The second-order valence-electron chi connectivity index (χ2n) is 2.77. The van der Waals surface area contributed by atoms with Gasteiger partial charge < -0.3 is 5.43 Å². The number of hydrazine groups is 1. The van der Waals surface area contributed by atoms with Crippen LogP contribution in [0.1, 0.15) is 5.56 Å². The first-order chi connectivity index (χ1) is 5.25. The number of halogens is 1. The molecule has 1 heterocycles. The number of fused-ring (bicyclic) bond motifs is 1. The van der Waals surface area contributed by atoms with Crippen LogP contribution in [0, 0.1) is 0 Å². The monoisotopic (exact) mass is 212 g/mol. The predicted molar refractivity (Wildman–Crippen MR) is 49.2 cm³/mol. The summed E-state index contributed by atoms with van der Waals surface area (Å²) in [6, 6.07) is 6.30. The van der Waals surface area contributed by atoms with E-state index in [-0.39, 0.29) is 0 Å². The SMILES string of the molecule is CN1Cc2ccc(Br)cc2N1. The molecule has 0 aromatic heterocycles.